The molecule has 4 aromatic rings. The van der Waals surface area contributed by atoms with Gasteiger partial charge in [0.25, 0.3) is 0 Å². The standard InChI is InChI=1S/C16H14F2N8OS/c1-8-7-28-14(20-8)12-11-13(23-16(19)22-12)26(25-24-11)5-9-3-2-4-10(21-9)6-27-15(17)18/h2-4,7,15H,5-6H2,1H3,(H2,19,22,23). The summed E-state index contributed by atoms with van der Waals surface area (Å²) in [6, 6.07) is 5.06. The Morgan fingerprint density at radius 1 is 1.18 bits per heavy atom. The number of hydrogen-bond donors (Lipinski definition) is 1. The molecule has 4 heterocycles. The third-order valence-corrected chi connectivity index (χ3v) is 4.70. The van der Waals surface area contributed by atoms with Crippen LogP contribution in [0.4, 0.5) is 14.7 Å². The Bertz CT molecular complexity index is 1130. The van der Waals surface area contributed by atoms with Gasteiger partial charge in [0.15, 0.2) is 11.2 Å². The smallest absolute Gasteiger partial charge is 0.345 e. The molecule has 0 spiro atoms. The molecule has 4 aromatic heterocycles. The highest BCUT2D eigenvalue weighted by molar-refractivity contribution is 7.13. The second-order valence-electron chi connectivity index (χ2n) is 5.84. The van der Waals surface area contributed by atoms with Crippen LogP contribution >= 0.6 is 11.3 Å². The van der Waals surface area contributed by atoms with Crippen molar-refractivity contribution in [3.8, 4) is 10.7 Å². The molecule has 9 nitrogen and oxygen atoms in total. The average Bonchev–Trinajstić information content (AvgIpc) is 3.26. The predicted molar refractivity (Wildman–Crippen MR) is 97.5 cm³/mol. The number of ether oxygens (including phenoxy) is 1. The lowest BCUT2D eigenvalue weighted by atomic mass is 10.3. The quantitative estimate of drug-likeness (QED) is 0.521. The number of aryl methyl sites for hydroxylation is 1. The van der Waals surface area contributed by atoms with Gasteiger partial charge in [0, 0.05) is 11.1 Å². The Morgan fingerprint density at radius 3 is 2.75 bits per heavy atom. The fourth-order valence-corrected chi connectivity index (χ4v) is 3.38. The molecule has 0 aromatic carbocycles. The fraction of sp³-hybridized carbons (Fsp3) is 0.250. The van der Waals surface area contributed by atoms with Crippen molar-refractivity contribution in [3.05, 3.63) is 40.7 Å². The Hall–Kier alpha value is -3.12. The molecule has 0 radical (unpaired) electrons. The van der Waals surface area contributed by atoms with Gasteiger partial charge in [0.05, 0.1) is 24.5 Å². The molecular formula is C16H14F2N8OS. The Morgan fingerprint density at radius 2 is 2.00 bits per heavy atom. The first kappa shape index (κ1) is 18.3. The monoisotopic (exact) mass is 404 g/mol. The van der Waals surface area contributed by atoms with Gasteiger partial charge in [-0.1, -0.05) is 11.3 Å². The highest BCUT2D eigenvalue weighted by atomic mass is 32.1. The van der Waals surface area contributed by atoms with Crippen molar-refractivity contribution < 1.29 is 13.5 Å². The van der Waals surface area contributed by atoms with Crippen LogP contribution in [0.15, 0.2) is 23.6 Å². The Labute approximate surface area is 161 Å². The summed E-state index contributed by atoms with van der Waals surface area (Å²) in [6.07, 6.45) is 0. The summed E-state index contributed by atoms with van der Waals surface area (Å²) in [5.74, 6) is 0.0750. The summed E-state index contributed by atoms with van der Waals surface area (Å²) in [6.45, 7) is -1.02. The molecule has 0 saturated carbocycles. The number of fused-ring (bicyclic) bond motifs is 1. The topological polar surface area (TPSA) is 118 Å². The molecule has 0 fully saturated rings. The summed E-state index contributed by atoms with van der Waals surface area (Å²) < 4.78 is 30.3. The van der Waals surface area contributed by atoms with Crippen LogP contribution in [0, 0.1) is 6.92 Å². The lowest BCUT2D eigenvalue weighted by Crippen LogP contribution is -2.08. The van der Waals surface area contributed by atoms with Crippen LogP contribution in [-0.4, -0.2) is 41.5 Å². The zero-order valence-electron chi connectivity index (χ0n) is 14.6. The summed E-state index contributed by atoms with van der Waals surface area (Å²) in [4.78, 5) is 17.2. The van der Waals surface area contributed by atoms with E-state index in [4.69, 9.17) is 5.73 Å². The molecule has 144 valence electrons. The maximum Gasteiger partial charge on any atom is 0.345 e. The van der Waals surface area contributed by atoms with Gasteiger partial charge >= 0.3 is 6.61 Å². The number of nitrogens with zero attached hydrogens (tertiary/aromatic N) is 7. The van der Waals surface area contributed by atoms with Crippen molar-refractivity contribution in [2.75, 3.05) is 5.73 Å². The van der Waals surface area contributed by atoms with E-state index < -0.39 is 6.61 Å². The van der Waals surface area contributed by atoms with Gasteiger partial charge in [-0.05, 0) is 19.1 Å². The number of rotatable bonds is 6. The molecule has 12 heteroatoms. The predicted octanol–water partition coefficient (Wildman–Crippen LogP) is 2.42. The highest BCUT2D eigenvalue weighted by Gasteiger charge is 2.18. The maximum absolute atomic E-state index is 12.2. The average molecular weight is 404 g/mol. The van der Waals surface area contributed by atoms with E-state index in [0.717, 1.165) is 5.69 Å². The number of pyridine rings is 1. The van der Waals surface area contributed by atoms with Crippen molar-refractivity contribution in [1.29, 1.82) is 0 Å². The minimum absolute atomic E-state index is 0.0750. The van der Waals surface area contributed by atoms with E-state index in [1.54, 1.807) is 18.2 Å². The SMILES string of the molecule is Cc1csc(-c2nc(N)nc3c2nnn3Cc2cccc(COC(F)F)n2)n1. The Balaban J connectivity index is 1.67. The van der Waals surface area contributed by atoms with E-state index in [2.05, 4.69) is 35.0 Å². The molecule has 0 unspecified atom stereocenters. The molecule has 0 aliphatic carbocycles. The first-order chi connectivity index (χ1) is 13.5. The molecule has 0 amide bonds. The van der Waals surface area contributed by atoms with Crippen LogP contribution in [0.5, 0.6) is 0 Å². The van der Waals surface area contributed by atoms with E-state index in [1.165, 1.54) is 16.0 Å². The zero-order chi connectivity index (χ0) is 19.7. The van der Waals surface area contributed by atoms with E-state index in [0.29, 0.717) is 33.3 Å². The van der Waals surface area contributed by atoms with Gasteiger partial charge < -0.3 is 10.5 Å². The van der Waals surface area contributed by atoms with Crippen LogP contribution in [0.25, 0.3) is 21.9 Å². The lowest BCUT2D eigenvalue weighted by molar-refractivity contribution is -0.137. The van der Waals surface area contributed by atoms with E-state index >= 15 is 0 Å². The first-order valence-corrected chi connectivity index (χ1v) is 9.01. The van der Waals surface area contributed by atoms with Gasteiger partial charge in [0.1, 0.15) is 10.7 Å². The number of thiazole rings is 1. The third kappa shape index (κ3) is 3.77. The van der Waals surface area contributed by atoms with Gasteiger partial charge in [-0.3, -0.25) is 4.98 Å². The molecule has 0 saturated heterocycles. The molecule has 4 rings (SSSR count). The van der Waals surface area contributed by atoms with Crippen molar-refractivity contribution in [3.63, 3.8) is 0 Å². The van der Waals surface area contributed by atoms with Crippen molar-refractivity contribution >= 4 is 28.4 Å². The largest absolute Gasteiger partial charge is 0.368 e. The van der Waals surface area contributed by atoms with Crippen LogP contribution in [0.1, 0.15) is 17.1 Å². The normalized spacial score (nSPS) is 11.6. The van der Waals surface area contributed by atoms with E-state index in [-0.39, 0.29) is 19.1 Å². The maximum atomic E-state index is 12.2. The number of nitrogens with two attached hydrogens (primary N) is 1. The summed E-state index contributed by atoms with van der Waals surface area (Å²) >= 11 is 1.43. The van der Waals surface area contributed by atoms with Gasteiger partial charge in [-0.2, -0.15) is 13.8 Å². The summed E-state index contributed by atoms with van der Waals surface area (Å²) in [7, 11) is 0. The highest BCUT2D eigenvalue weighted by Crippen LogP contribution is 2.28. The number of halogens is 2. The number of hydrogen-bond acceptors (Lipinski definition) is 9. The lowest BCUT2D eigenvalue weighted by Gasteiger charge is -2.06. The number of anilines is 1. The van der Waals surface area contributed by atoms with Gasteiger partial charge in [0.2, 0.25) is 5.95 Å². The molecule has 28 heavy (non-hydrogen) atoms. The van der Waals surface area contributed by atoms with E-state index in [9.17, 15) is 8.78 Å². The fourth-order valence-electron chi connectivity index (χ4n) is 2.59. The minimum Gasteiger partial charge on any atom is -0.368 e. The molecule has 0 atom stereocenters. The van der Waals surface area contributed by atoms with Crippen LogP contribution in [-0.2, 0) is 17.9 Å². The number of aromatic nitrogens is 7. The third-order valence-electron chi connectivity index (χ3n) is 3.74. The molecular weight excluding hydrogens is 390 g/mol. The van der Waals surface area contributed by atoms with Gasteiger partial charge in [-0.25, -0.2) is 14.6 Å². The Kier molecular flexibility index (Phi) is 4.88. The van der Waals surface area contributed by atoms with E-state index in [1.807, 2.05) is 12.3 Å². The zero-order valence-corrected chi connectivity index (χ0v) is 15.4. The molecule has 0 aliphatic heterocycles. The minimum atomic E-state index is -2.85. The van der Waals surface area contributed by atoms with Crippen LogP contribution < -0.4 is 5.73 Å². The molecule has 2 N–H and O–H groups in total. The first-order valence-electron chi connectivity index (χ1n) is 8.13. The second kappa shape index (κ2) is 7.48. The van der Waals surface area contributed by atoms with Crippen LogP contribution in [0.2, 0.25) is 0 Å². The van der Waals surface area contributed by atoms with Crippen LogP contribution in [0.3, 0.4) is 0 Å². The molecule has 0 bridgehead atoms. The van der Waals surface area contributed by atoms with Crippen molar-refractivity contribution in [2.24, 2.45) is 0 Å². The number of alkyl halides is 2. The second-order valence-corrected chi connectivity index (χ2v) is 6.69. The summed E-state index contributed by atoms with van der Waals surface area (Å²) in [5, 5.41) is 10.9. The van der Waals surface area contributed by atoms with Crippen molar-refractivity contribution in [1.82, 2.24) is 34.9 Å². The molecule has 0 aliphatic rings. The summed E-state index contributed by atoms with van der Waals surface area (Å²) in [5.41, 5.74) is 9.13. The van der Waals surface area contributed by atoms with Crippen molar-refractivity contribution in [2.45, 2.75) is 26.7 Å². The van der Waals surface area contributed by atoms with Gasteiger partial charge in [-0.15, -0.1) is 16.4 Å². The number of nitrogen functional groups attached to an aromatic ring is 1.